The van der Waals surface area contributed by atoms with Crippen LogP contribution in [0.2, 0.25) is 0 Å². The molecule has 1 aromatic heterocycles. The van der Waals surface area contributed by atoms with Crippen LogP contribution in [0.1, 0.15) is 24.8 Å². The second-order valence-corrected chi connectivity index (χ2v) is 5.23. The summed E-state index contributed by atoms with van der Waals surface area (Å²) in [5, 5.41) is 3.47. The molecule has 0 radical (unpaired) electrons. The van der Waals surface area contributed by atoms with Crippen molar-refractivity contribution in [3.8, 4) is 0 Å². The van der Waals surface area contributed by atoms with Crippen molar-refractivity contribution in [1.29, 1.82) is 0 Å². The molecule has 0 amide bonds. The summed E-state index contributed by atoms with van der Waals surface area (Å²) in [5.74, 6) is 0.680. The molecule has 3 rings (SSSR count). The molecule has 4 unspecified atom stereocenters. The zero-order chi connectivity index (χ0) is 11.7. The topological polar surface area (TPSA) is 34.2 Å². The molecule has 0 aliphatic carbocycles. The van der Waals surface area contributed by atoms with E-state index in [0.717, 1.165) is 6.42 Å². The highest BCUT2D eigenvalue weighted by Crippen LogP contribution is 2.40. The number of nitrogens with zero attached hydrogens (tertiary/aromatic N) is 1. The smallest absolute Gasteiger partial charge is 0.0623 e. The van der Waals surface area contributed by atoms with Gasteiger partial charge in [0.2, 0.25) is 0 Å². The molecule has 4 atom stereocenters. The number of hydrogen-bond acceptors (Lipinski definition) is 3. The molecule has 0 aromatic carbocycles. The summed E-state index contributed by atoms with van der Waals surface area (Å²) in [4.78, 5) is 4.19. The Bertz CT molecular complexity index is 368. The van der Waals surface area contributed by atoms with Crippen LogP contribution < -0.4 is 5.32 Å². The van der Waals surface area contributed by atoms with E-state index in [0.29, 0.717) is 24.2 Å². The summed E-state index contributed by atoms with van der Waals surface area (Å²) in [7, 11) is 2.06. The highest BCUT2D eigenvalue weighted by Gasteiger charge is 2.43. The van der Waals surface area contributed by atoms with Crippen molar-refractivity contribution in [2.24, 2.45) is 5.92 Å². The van der Waals surface area contributed by atoms with E-state index in [4.69, 9.17) is 4.74 Å². The third-order valence-electron chi connectivity index (χ3n) is 4.22. The maximum atomic E-state index is 5.95. The lowest BCUT2D eigenvalue weighted by Crippen LogP contribution is -2.40. The molecule has 0 saturated carbocycles. The molecule has 2 bridgehead atoms. The van der Waals surface area contributed by atoms with E-state index < -0.39 is 0 Å². The number of aromatic nitrogens is 1. The second-order valence-electron chi connectivity index (χ2n) is 5.23. The number of hydrogen-bond donors (Lipinski definition) is 1. The molecule has 3 heterocycles. The summed E-state index contributed by atoms with van der Waals surface area (Å²) >= 11 is 0. The normalized spacial score (nSPS) is 32.9. The molecular weight excluding hydrogens is 212 g/mol. The van der Waals surface area contributed by atoms with Crippen LogP contribution in [-0.2, 0) is 11.2 Å². The van der Waals surface area contributed by atoms with Crippen molar-refractivity contribution in [1.82, 2.24) is 10.3 Å². The largest absolute Gasteiger partial charge is 0.375 e. The Hall–Kier alpha value is -0.930. The molecule has 1 aromatic rings. The number of ether oxygens (including phenoxy) is 1. The van der Waals surface area contributed by atoms with E-state index in [2.05, 4.69) is 23.4 Å². The van der Waals surface area contributed by atoms with Gasteiger partial charge in [-0.15, -0.1) is 0 Å². The minimum absolute atomic E-state index is 0.495. The zero-order valence-electron chi connectivity index (χ0n) is 10.3. The molecule has 0 spiro atoms. The third-order valence-corrected chi connectivity index (χ3v) is 4.22. The molecule has 2 aliphatic heterocycles. The van der Waals surface area contributed by atoms with Crippen LogP contribution in [0.5, 0.6) is 0 Å². The summed E-state index contributed by atoms with van der Waals surface area (Å²) in [6.45, 7) is 0. The Morgan fingerprint density at radius 2 is 2.47 bits per heavy atom. The Morgan fingerprint density at radius 3 is 3.06 bits per heavy atom. The quantitative estimate of drug-likeness (QED) is 0.859. The van der Waals surface area contributed by atoms with Crippen LogP contribution in [0.15, 0.2) is 24.5 Å². The van der Waals surface area contributed by atoms with E-state index in [-0.39, 0.29) is 0 Å². The SMILES string of the molecule is CNC(Cc1cccnc1)C1CC2CCC1O2. The Morgan fingerprint density at radius 1 is 1.53 bits per heavy atom. The van der Waals surface area contributed by atoms with Gasteiger partial charge in [-0.2, -0.15) is 0 Å². The predicted molar refractivity (Wildman–Crippen MR) is 66.8 cm³/mol. The van der Waals surface area contributed by atoms with Crippen LogP contribution in [0.3, 0.4) is 0 Å². The molecule has 3 heteroatoms. The van der Waals surface area contributed by atoms with Gasteiger partial charge in [0.25, 0.3) is 0 Å². The molecule has 2 fully saturated rings. The molecule has 1 N–H and O–H groups in total. The minimum Gasteiger partial charge on any atom is -0.375 e. The van der Waals surface area contributed by atoms with E-state index in [9.17, 15) is 0 Å². The van der Waals surface area contributed by atoms with Gasteiger partial charge in [-0.05, 0) is 44.4 Å². The number of fused-ring (bicyclic) bond motifs is 2. The van der Waals surface area contributed by atoms with Gasteiger partial charge >= 0.3 is 0 Å². The first-order valence-electron chi connectivity index (χ1n) is 6.58. The Kier molecular flexibility index (Phi) is 3.12. The van der Waals surface area contributed by atoms with Crippen LogP contribution in [0, 0.1) is 5.92 Å². The average molecular weight is 232 g/mol. The standard InChI is InChI=1S/C14H20N2O/c1-15-13(7-10-3-2-6-16-9-10)12-8-11-4-5-14(12)17-11/h2-3,6,9,11-15H,4-5,7-8H2,1H3. The first-order valence-corrected chi connectivity index (χ1v) is 6.58. The van der Waals surface area contributed by atoms with Gasteiger partial charge in [0, 0.05) is 24.4 Å². The van der Waals surface area contributed by atoms with Gasteiger partial charge in [-0.1, -0.05) is 6.07 Å². The summed E-state index contributed by atoms with van der Waals surface area (Å²) in [6.07, 6.45) is 9.64. The van der Waals surface area contributed by atoms with Gasteiger partial charge in [-0.3, -0.25) is 4.98 Å². The lowest BCUT2D eigenvalue weighted by atomic mass is 9.82. The lowest BCUT2D eigenvalue weighted by molar-refractivity contribution is 0.0863. The lowest BCUT2D eigenvalue weighted by Gasteiger charge is -2.28. The van der Waals surface area contributed by atoms with E-state index in [1.165, 1.54) is 24.8 Å². The highest BCUT2D eigenvalue weighted by atomic mass is 16.5. The van der Waals surface area contributed by atoms with Gasteiger partial charge in [0.05, 0.1) is 12.2 Å². The number of nitrogens with one attached hydrogen (secondary N) is 1. The fourth-order valence-corrected chi connectivity index (χ4v) is 3.34. The Labute approximate surface area is 103 Å². The second kappa shape index (κ2) is 4.75. The molecule has 3 nitrogen and oxygen atoms in total. The highest BCUT2D eigenvalue weighted by molar-refractivity contribution is 5.11. The third kappa shape index (κ3) is 2.22. The summed E-state index contributed by atoms with van der Waals surface area (Å²) < 4.78 is 5.95. The maximum Gasteiger partial charge on any atom is 0.0623 e. The van der Waals surface area contributed by atoms with Crippen LogP contribution in [0.25, 0.3) is 0 Å². The monoisotopic (exact) mass is 232 g/mol. The van der Waals surface area contributed by atoms with Crippen LogP contribution in [0.4, 0.5) is 0 Å². The average Bonchev–Trinajstić information content (AvgIpc) is 2.99. The first kappa shape index (κ1) is 11.2. The zero-order valence-corrected chi connectivity index (χ0v) is 10.3. The van der Waals surface area contributed by atoms with Crippen molar-refractivity contribution in [2.75, 3.05) is 7.05 Å². The van der Waals surface area contributed by atoms with E-state index >= 15 is 0 Å². The van der Waals surface area contributed by atoms with E-state index in [1.807, 2.05) is 18.5 Å². The summed E-state index contributed by atoms with van der Waals surface area (Å²) in [5.41, 5.74) is 1.31. The Balaban J connectivity index is 1.68. The molecule has 2 saturated heterocycles. The number of pyridine rings is 1. The molecule has 17 heavy (non-hydrogen) atoms. The van der Waals surface area contributed by atoms with Crippen LogP contribution in [-0.4, -0.2) is 30.3 Å². The van der Waals surface area contributed by atoms with Gasteiger partial charge in [0.1, 0.15) is 0 Å². The van der Waals surface area contributed by atoms with Crippen molar-refractivity contribution < 1.29 is 4.74 Å². The van der Waals surface area contributed by atoms with E-state index in [1.54, 1.807) is 0 Å². The first-order chi connectivity index (χ1) is 8.36. The van der Waals surface area contributed by atoms with Crippen molar-refractivity contribution in [3.63, 3.8) is 0 Å². The number of likely N-dealkylation sites (N-methyl/N-ethyl adjacent to an activating group) is 1. The van der Waals surface area contributed by atoms with Gasteiger partial charge in [0.15, 0.2) is 0 Å². The minimum atomic E-state index is 0.495. The van der Waals surface area contributed by atoms with Crippen molar-refractivity contribution in [3.05, 3.63) is 30.1 Å². The molecular formula is C14H20N2O. The predicted octanol–water partition coefficient (Wildman–Crippen LogP) is 1.78. The number of rotatable bonds is 4. The van der Waals surface area contributed by atoms with Gasteiger partial charge in [-0.25, -0.2) is 0 Å². The maximum absolute atomic E-state index is 5.95. The van der Waals surface area contributed by atoms with Crippen molar-refractivity contribution in [2.45, 2.75) is 43.9 Å². The van der Waals surface area contributed by atoms with Crippen molar-refractivity contribution >= 4 is 0 Å². The fourth-order valence-electron chi connectivity index (χ4n) is 3.34. The van der Waals surface area contributed by atoms with Gasteiger partial charge < -0.3 is 10.1 Å². The fraction of sp³-hybridized carbons (Fsp3) is 0.643. The summed E-state index contributed by atoms with van der Waals surface area (Å²) in [6, 6.07) is 4.69. The molecule has 2 aliphatic rings. The van der Waals surface area contributed by atoms with Crippen LogP contribution >= 0.6 is 0 Å². The molecule has 92 valence electrons.